The Morgan fingerprint density at radius 1 is 1.05 bits per heavy atom. The van der Waals surface area contributed by atoms with E-state index in [1.807, 2.05) is 6.92 Å². The summed E-state index contributed by atoms with van der Waals surface area (Å²) in [5.74, 6) is 3.06. The molecule has 1 nitrogen and oxygen atoms in total. The van der Waals surface area contributed by atoms with Gasteiger partial charge in [0.25, 0.3) is 0 Å². The first-order valence-electron chi connectivity index (χ1n) is 7.74. The molecule has 4 aliphatic carbocycles. The first-order valence-corrected chi connectivity index (χ1v) is 7.74. The van der Waals surface area contributed by atoms with Gasteiger partial charge in [0, 0.05) is 5.92 Å². The van der Waals surface area contributed by atoms with Crippen LogP contribution in [0.3, 0.4) is 0 Å². The van der Waals surface area contributed by atoms with E-state index < -0.39 is 0 Å². The van der Waals surface area contributed by atoms with Crippen molar-refractivity contribution in [1.29, 1.82) is 0 Å². The summed E-state index contributed by atoms with van der Waals surface area (Å²) in [4.78, 5) is 12.0. The highest BCUT2D eigenvalue weighted by Gasteiger charge is 2.56. The lowest BCUT2D eigenvalue weighted by atomic mass is 9.44. The monoisotopic (exact) mass is 254 g/mol. The van der Waals surface area contributed by atoms with Crippen LogP contribution in [-0.4, -0.2) is 5.78 Å². The molecule has 100 valence electrons. The molecule has 0 N–H and O–H groups in total. The second-order valence-corrected chi connectivity index (χ2v) is 7.25. The van der Waals surface area contributed by atoms with Crippen molar-refractivity contribution in [3.8, 4) is 0 Å². The Kier molecular flexibility index (Phi) is 2.43. The van der Waals surface area contributed by atoms with Crippen LogP contribution in [0.1, 0.15) is 44.6 Å². The standard InChI is InChI=1S/C18H22O/c1-12(19)17-14-7-13-8-15(17)11-18(9-13,10-14)16-5-3-2-4-6-16/h2-6,13-15,17H,7-11H2,1H3. The summed E-state index contributed by atoms with van der Waals surface area (Å²) in [6.45, 7) is 1.82. The molecule has 0 saturated heterocycles. The summed E-state index contributed by atoms with van der Waals surface area (Å²) < 4.78 is 0. The molecule has 5 rings (SSSR count). The highest BCUT2D eigenvalue weighted by molar-refractivity contribution is 5.79. The van der Waals surface area contributed by atoms with Gasteiger partial charge in [-0.1, -0.05) is 30.3 Å². The van der Waals surface area contributed by atoms with Gasteiger partial charge in [-0.15, -0.1) is 0 Å². The predicted octanol–water partition coefficient (Wildman–Crippen LogP) is 3.97. The van der Waals surface area contributed by atoms with Crippen molar-refractivity contribution in [2.75, 3.05) is 0 Å². The number of benzene rings is 1. The minimum absolute atomic E-state index is 0.383. The molecule has 1 aromatic rings. The molecule has 0 spiro atoms. The Hall–Kier alpha value is -1.11. The van der Waals surface area contributed by atoms with Crippen LogP contribution in [0.15, 0.2) is 30.3 Å². The van der Waals surface area contributed by atoms with E-state index in [0.717, 1.165) is 5.92 Å². The van der Waals surface area contributed by atoms with Crippen LogP contribution in [0.25, 0.3) is 0 Å². The van der Waals surface area contributed by atoms with Gasteiger partial charge in [-0.05, 0) is 67.8 Å². The fraction of sp³-hybridized carbons (Fsp3) is 0.611. The van der Waals surface area contributed by atoms with Crippen LogP contribution in [0.4, 0.5) is 0 Å². The number of Topliss-reactive ketones (excluding diaryl/α,β-unsaturated/α-hetero) is 1. The Morgan fingerprint density at radius 2 is 1.68 bits per heavy atom. The zero-order valence-electron chi connectivity index (χ0n) is 11.6. The average Bonchev–Trinajstić information content (AvgIpc) is 2.38. The van der Waals surface area contributed by atoms with Gasteiger partial charge in [0.1, 0.15) is 5.78 Å². The van der Waals surface area contributed by atoms with Crippen LogP contribution in [0.2, 0.25) is 0 Å². The van der Waals surface area contributed by atoms with E-state index in [2.05, 4.69) is 30.3 Å². The second-order valence-electron chi connectivity index (χ2n) is 7.25. The molecule has 0 heterocycles. The summed E-state index contributed by atoms with van der Waals surface area (Å²) in [7, 11) is 0. The molecule has 4 bridgehead atoms. The Morgan fingerprint density at radius 3 is 2.26 bits per heavy atom. The molecule has 2 unspecified atom stereocenters. The SMILES string of the molecule is CC(=O)C1C2CC3CC1CC(c1ccccc1)(C3)C2. The maximum atomic E-state index is 12.0. The fourth-order valence-electron chi connectivity index (χ4n) is 5.83. The summed E-state index contributed by atoms with van der Waals surface area (Å²) >= 11 is 0. The van der Waals surface area contributed by atoms with Crippen molar-refractivity contribution in [3.63, 3.8) is 0 Å². The van der Waals surface area contributed by atoms with E-state index in [1.54, 1.807) is 0 Å². The number of ketones is 1. The van der Waals surface area contributed by atoms with Crippen molar-refractivity contribution in [3.05, 3.63) is 35.9 Å². The molecule has 1 aromatic carbocycles. The molecule has 4 fully saturated rings. The summed E-state index contributed by atoms with van der Waals surface area (Å²) in [6.07, 6.45) is 6.52. The zero-order chi connectivity index (χ0) is 13.0. The molecule has 2 atom stereocenters. The van der Waals surface area contributed by atoms with E-state index in [1.165, 1.54) is 37.7 Å². The molecular weight excluding hydrogens is 232 g/mol. The molecule has 4 saturated carbocycles. The lowest BCUT2D eigenvalue weighted by molar-refractivity contribution is -0.135. The smallest absolute Gasteiger partial charge is 0.133 e. The fourth-order valence-corrected chi connectivity index (χ4v) is 5.83. The quantitative estimate of drug-likeness (QED) is 0.780. The van der Waals surface area contributed by atoms with Crippen LogP contribution >= 0.6 is 0 Å². The van der Waals surface area contributed by atoms with E-state index in [-0.39, 0.29) is 0 Å². The molecular formula is C18H22O. The van der Waals surface area contributed by atoms with E-state index in [0.29, 0.717) is 29.0 Å². The number of hydrogen-bond acceptors (Lipinski definition) is 1. The highest BCUT2D eigenvalue weighted by atomic mass is 16.1. The first kappa shape index (κ1) is 11.7. The van der Waals surface area contributed by atoms with Gasteiger partial charge in [-0.25, -0.2) is 0 Å². The Balaban J connectivity index is 1.73. The van der Waals surface area contributed by atoms with E-state index in [9.17, 15) is 4.79 Å². The maximum Gasteiger partial charge on any atom is 0.133 e. The minimum atomic E-state index is 0.383. The number of rotatable bonds is 2. The third-order valence-electron chi connectivity index (χ3n) is 6.13. The third-order valence-corrected chi connectivity index (χ3v) is 6.13. The molecule has 0 radical (unpaired) electrons. The summed E-state index contributed by atoms with van der Waals surface area (Å²) in [5.41, 5.74) is 1.94. The van der Waals surface area contributed by atoms with Gasteiger partial charge in [-0.2, -0.15) is 0 Å². The summed E-state index contributed by atoms with van der Waals surface area (Å²) in [5, 5.41) is 0. The van der Waals surface area contributed by atoms with Crippen LogP contribution in [-0.2, 0) is 10.2 Å². The third kappa shape index (κ3) is 1.63. The summed E-state index contributed by atoms with van der Waals surface area (Å²) in [6, 6.07) is 11.1. The van der Waals surface area contributed by atoms with Gasteiger partial charge in [-0.3, -0.25) is 4.79 Å². The van der Waals surface area contributed by atoms with Crippen LogP contribution < -0.4 is 0 Å². The van der Waals surface area contributed by atoms with Crippen molar-refractivity contribution in [2.24, 2.45) is 23.7 Å². The predicted molar refractivity (Wildman–Crippen MR) is 75.8 cm³/mol. The van der Waals surface area contributed by atoms with Crippen LogP contribution in [0.5, 0.6) is 0 Å². The molecule has 4 aliphatic rings. The molecule has 0 aromatic heterocycles. The topological polar surface area (TPSA) is 17.1 Å². The second kappa shape index (κ2) is 3.94. The molecule has 19 heavy (non-hydrogen) atoms. The molecule has 0 aliphatic heterocycles. The average molecular weight is 254 g/mol. The normalized spacial score (nSPS) is 43.4. The first-order chi connectivity index (χ1) is 9.18. The number of carbonyl (C=O) groups excluding carboxylic acids is 1. The largest absolute Gasteiger partial charge is 0.300 e. The lowest BCUT2D eigenvalue weighted by Gasteiger charge is -2.60. The number of hydrogen-bond donors (Lipinski definition) is 0. The van der Waals surface area contributed by atoms with Gasteiger partial charge >= 0.3 is 0 Å². The Labute approximate surface area is 115 Å². The van der Waals surface area contributed by atoms with Crippen molar-refractivity contribution >= 4 is 5.78 Å². The lowest BCUT2D eigenvalue weighted by Crippen LogP contribution is -2.54. The van der Waals surface area contributed by atoms with E-state index in [4.69, 9.17) is 0 Å². The van der Waals surface area contributed by atoms with Crippen molar-refractivity contribution in [1.82, 2.24) is 0 Å². The molecule has 0 amide bonds. The van der Waals surface area contributed by atoms with Gasteiger partial charge in [0.15, 0.2) is 0 Å². The van der Waals surface area contributed by atoms with Crippen molar-refractivity contribution < 1.29 is 4.79 Å². The van der Waals surface area contributed by atoms with Gasteiger partial charge in [0.05, 0.1) is 0 Å². The van der Waals surface area contributed by atoms with Gasteiger partial charge in [0.2, 0.25) is 0 Å². The Bertz CT molecular complexity index is 488. The number of carbonyl (C=O) groups is 1. The molecule has 1 heteroatoms. The van der Waals surface area contributed by atoms with E-state index >= 15 is 0 Å². The van der Waals surface area contributed by atoms with Crippen molar-refractivity contribution in [2.45, 2.75) is 44.4 Å². The minimum Gasteiger partial charge on any atom is -0.300 e. The zero-order valence-corrected chi connectivity index (χ0v) is 11.6. The van der Waals surface area contributed by atoms with Gasteiger partial charge < -0.3 is 0 Å². The van der Waals surface area contributed by atoms with Crippen LogP contribution in [0, 0.1) is 23.7 Å². The highest BCUT2D eigenvalue weighted by Crippen LogP contribution is 2.62. The maximum absolute atomic E-state index is 12.0.